The van der Waals surface area contributed by atoms with Gasteiger partial charge < -0.3 is 4.42 Å². The standard InChI is InChI=1S/C18H10ClNO5S3/c19-13-5-2-1-4-12(13)17(21)20(28(23,24)16-6-3-9-26-16)11-7-8-14-15(10-11)27-18(22)25-14/h1-10H. The molecule has 0 fully saturated rings. The number of hydrogen-bond acceptors (Lipinski definition) is 7. The van der Waals surface area contributed by atoms with E-state index in [1.807, 2.05) is 0 Å². The van der Waals surface area contributed by atoms with E-state index < -0.39 is 20.9 Å². The van der Waals surface area contributed by atoms with Crippen molar-refractivity contribution in [2.45, 2.75) is 4.21 Å². The van der Waals surface area contributed by atoms with Crippen molar-refractivity contribution in [3.8, 4) is 0 Å². The topological polar surface area (TPSA) is 84.7 Å². The molecule has 0 spiro atoms. The molecule has 2 aromatic carbocycles. The van der Waals surface area contributed by atoms with Gasteiger partial charge in [0.2, 0.25) is 0 Å². The quantitative estimate of drug-likeness (QED) is 0.452. The Balaban J connectivity index is 1.94. The van der Waals surface area contributed by atoms with Crippen LogP contribution in [0.3, 0.4) is 0 Å². The average Bonchev–Trinajstić information content (AvgIpc) is 3.30. The first kappa shape index (κ1) is 18.9. The molecule has 142 valence electrons. The maximum atomic E-state index is 13.3. The van der Waals surface area contributed by atoms with Crippen LogP contribution in [-0.2, 0) is 10.0 Å². The third-order valence-electron chi connectivity index (χ3n) is 3.83. The van der Waals surface area contributed by atoms with Gasteiger partial charge >= 0.3 is 4.94 Å². The van der Waals surface area contributed by atoms with E-state index in [2.05, 4.69) is 0 Å². The number of halogens is 1. The summed E-state index contributed by atoms with van der Waals surface area (Å²) in [6.45, 7) is 0. The monoisotopic (exact) mass is 451 g/mol. The molecule has 0 aliphatic heterocycles. The molecule has 10 heteroatoms. The smallest absolute Gasteiger partial charge is 0.396 e. The summed E-state index contributed by atoms with van der Waals surface area (Å²) < 4.78 is 32.7. The molecule has 4 rings (SSSR count). The third kappa shape index (κ3) is 3.26. The highest BCUT2D eigenvalue weighted by atomic mass is 35.5. The summed E-state index contributed by atoms with van der Waals surface area (Å²) in [5.74, 6) is -0.797. The molecule has 0 aliphatic rings. The van der Waals surface area contributed by atoms with Gasteiger partial charge in [-0.2, -0.15) is 12.7 Å². The summed E-state index contributed by atoms with van der Waals surface area (Å²) in [6.07, 6.45) is 0. The Labute approximate surface area is 172 Å². The van der Waals surface area contributed by atoms with Crippen molar-refractivity contribution in [3.05, 3.63) is 80.3 Å². The molecule has 2 heterocycles. The maximum absolute atomic E-state index is 13.3. The number of carbonyl (C=O) groups is 1. The van der Waals surface area contributed by atoms with Crippen LogP contribution >= 0.6 is 34.3 Å². The number of anilines is 1. The van der Waals surface area contributed by atoms with E-state index in [1.54, 1.807) is 23.6 Å². The second-order valence-electron chi connectivity index (χ2n) is 5.57. The second kappa shape index (κ2) is 7.17. The van der Waals surface area contributed by atoms with Gasteiger partial charge in [-0.25, -0.2) is 4.79 Å². The zero-order valence-electron chi connectivity index (χ0n) is 13.9. The molecule has 0 saturated carbocycles. The van der Waals surface area contributed by atoms with Crippen LogP contribution < -0.4 is 9.24 Å². The fourth-order valence-corrected chi connectivity index (χ4v) is 5.98. The lowest BCUT2D eigenvalue weighted by Crippen LogP contribution is -2.36. The Kier molecular flexibility index (Phi) is 4.84. The van der Waals surface area contributed by atoms with Crippen molar-refractivity contribution in [1.82, 2.24) is 0 Å². The van der Waals surface area contributed by atoms with Gasteiger partial charge in [0.05, 0.1) is 21.0 Å². The van der Waals surface area contributed by atoms with E-state index >= 15 is 0 Å². The van der Waals surface area contributed by atoms with Crippen molar-refractivity contribution in [3.63, 3.8) is 0 Å². The molecule has 0 bridgehead atoms. The van der Waals surface area contributed by atoms with E-state index in [4.69, 9.17) is 16.0 Å². The number of thiophene rings is 1. The maximum Gasteiger partial charge on any atom is 0.396 e. The third-order valence-corrected chi connectivity index (χ3v) is 8.03. The Morgan fingerprint density at radius 2 is 1.86 bits per heavy atom. The van der Waals surface area contributed by atoms with E-state index in [0.29, 0.717) is 14.6 Å². The number of nitrogens with zero attached hydrogens (tertiary/aromatic N) is 1. The van der Waals surface area contributed by atoms with Gasteiger partial charge in [0.25, 0.3) is 15.9 Å². The van der Waals surface area contributed by atoms with Gasteiger partial charge in [-0.05, 0) is 41.8 Å². The molecule has 0 unspecified atom stereocenters. The van der Waals surface area contributed by atoms with Crippen LogP contribution in [-0.4, -0.2) is 14.3 Å². The Morgan fingerprint density at radius 3 is 2.57 bits per heavy atom. The fourth-order valence-electron chi connectivity index (χ4n) is 2.60. The van der Waals surface area contributed by atoms with E-state index in [1.165, 1.54) is 36.4 Å². The highest BCUT2D eigenvalue weighted by Gasteiger charge is 2.33. The van der Waals surface area contributed by atoms with Crippen LogP contribution in [0.15, 0.2) is 73.4 Å². The molecule has 0 saturated heterocycles. The van der Waals surface area contributed by atoms with Crippen molar-refractivity contribution >= 4 is 66.2 Å². The van der Waals surface area contributed by atoms with Crippen LogP contribution in [0.1, 0.15) is 10.4 Å². The average molecular weight is 452 g/mol. The first-order chi connectivity index (χ1) is 13.4. The van der Waals surface area contributed by atoms with Crippen LogP contribution in [0, 0.1) is 0 Å². The van der Waals surface area contributed by atoms with Crippen LogP contribution in [0.25, 0.3) is 10.3 Å². The Hall–Kier alpha value is -2.46. The number of benzene rings is 2. The van der Waals surface area contributed by atoms with Gasteiger partial charge in [0, 0.05) is 0 Å². The van der Waals surface area contributed by atoms with Gasteiger partial charge in [0.15, 0.2) is 0 Å². The molecule has 0 radical (unpaired) electrons. The molecule has 28 heavy (non-hydrogen) atoms. The van der Waals surface area contributed by atoms with E-state index in [-0.39, 0.29) is 20.5 Å². The number of hydrogen-bond donors (Lipinski definition) is 0. The molecule has 0 aliphatic carbocycles. The van der Waals surface area contributed by atoms with Gasteiger partial charge in [-0.15, -0.1) is 11.3 Å². The van der Waals surface area contributed by atoms with E-state index in [9.17, 15) is 18.0 Å². The summed E-state index contributed by atoms with van der Waals surface area (Å²) >= 11 is 7.95. The molecular weight excluding hydrogens is 442 g/mol. The van der Waals surface area contributed by atoms with Gasteiger partial charge in [0.1, 0.15) is 9.79 Å². The largest absolute Gasteiger partial charge is 0.414 e. The molecule has 2 aromatic heterocycles. The summed E-state index contributed by atoms with van der Waals surface area (Å²) in [7, 11) is -4.20. The van der Waals surface area contributed by atoms with Gasteiger partial charge in [-0.3, -0.25) is 4.79 Å². The molecule has 4 aromatic rings. The lowest BCUT2D eigenvalue weighted by atomic mass is 10.2. The Morgan fingerprint density at radius 1 is 1.07 bits per heavy atom. The number of carbonyl (C=O) groups excluding carboxylic acids is 1. The normalized spacial score (nSPS) is 11.6. The lowest BCUT2D eigenvalue weighted by Gasteiger charge is -2.22. The highest BCUT2D eigenvalue weighted by molar-refractivity contribution is 7.95. The summed E-state index contributed by atoms with van der Waals surface area (Å²) in [4.78, 5) is 24.2. The summed E-state index contributed by atoms with van der Waals surface area (Å²) in [5.41, 5.74) is 0.449. The van der Waals surface area contributed by atoms with Gasteiger partial charge in [-0.1, -0.05) is 41.1 Å². The Bertz CT molecular complexity index is 1340. The zero-order valence-corrected chi connectivity index (χ0v) is 17.1. The second-order valence-corrected chi connectivity index (χ2v) is 9.92. The van der Waals surface area contributed by atoms with Crippen molar-refractivity contribution in [2.24, 2.45) is 0 Å². The van der Waals surface area contributed by atoms with E-state index in [0.717, 1.165) is 22.7 Å². The van der Waals surface area contributed by atoms with Crippen LogP contribution in [0.4, 0.5) is 5.69 Å². The van der Waals surface area contributed by atoms with Crippen LogP contribution in [0.5, 0.6) is 0 Å². The predicted molar refractivity (Wildman–Crippen MR) is 110 cm³/mol. The number of sulfonamides is 1. The van der Waals surface area contributed by atoms with Crippen LogP contribution in [0.2, 0.25) is 5.02 Å². The minimum Gasteiger partial charge on any atom is -0.414 e. The lowest BCUT2D eigenvalue weighted by molar-refractivity contribution is 0.101. The summed E-state index contributed by atoms with van der Waals surface area (Å²) in [6, 6.07) is 13.5. The molecule has 1 amide bonds. The fraction of sp³-hybridized carbons (Fsp3) is 0. The van der Waals surface area contributed by atoms with Crippen molar-refractivity contribution < 1.29 is 17.6 Å². The summed E-state index contributed by atoms with van der Waals surface area (Å²) in [5, 5.41) is 1.74. The van der Waals surface area contributed by atoms with Crippen molar-refractivity contribution in [2.75, 3.05) is 4.31 Å². The zero-order chi connectivity index (χ0) is 19.9. The molecule has 0 N–H and O–H groups in total. The molecule has 0 atom stereocenters. The predicted octanol–water partition coefficient (Wildman–Crippen LogP) is 4.61. The first-order valence-electron chi connectivity index (χ1n) is 7.79. The highest BCUT2D eigenvalue weighted by Crippen LogP contribution is 2.32. The minimum atomic E-state index is -4.20. The first-order valence-corrected chi connectivity index (χ1v) is 11.3. The van der Waals surface area contributed by atoms with Crippen molar-refractivity contribution in [1.29, 1.82) is 0 Å². The number of fused-ring (bicyclic) bond motifs is 1. The minimum absolute atomic E-state index is 0.00776. The number of rotatable bonds is 4. The SMILES string of the molecule is O=C(c1ccccc1Cl)N(c1ccc2oc(=O)sc2c1)S(=O)(=O)c1cccs1. The molecule has 6 nitrogen and oxygen atoms in total. The number of amides is 1. The molecular formula is C18H10ClNO5S3.